The van der Waals surface area contributed by atoms with Gasteiger partial charge in [0.1, 0.15) is 5.76 Å². The van der Waals surface area contributed by atoms with Crippen LogP contribution in [0.1, 0.15) is 48.8 Å². The first-order valence-electron chi connectivity index (χ1n) is 11.4. The van der Waals surface area contributed by atoms with Crippen molar-refractivity contribution in [2.45, 2.75) is 44.7 Å². The minimum Gasteiger partial charge on any atom is -0.493 e. The molecule has 36 heavy (non-hydrogen) atoms. The lowest BCUT2D eigenvalue weighted by Crippen LogP contribution is -2.23. The van der Waals surface area contributed by atoms with Crippen LogP contribution in [0.15, 0.2) is 42.3 Å². The molecule has 3 N–H and O–H groups in total. The van der Waals surface area contributed by atoms with Gasteiger partial charge in [0.2, 0.25) is 0 Å². The first kappa shape index (κ1) is 25.4. The van der Waals surface area contributed by atoms with Gasteiger partial charge in [0.25, 0.3) is 0 Å². The van der Waals surface area contributed by atoms with Crippen LogP contribution >= 0.6 is 0 Å². The summed E-state index contributed by atoms with van der Waals surface area (Å²) in [7, 11) is 0. The van der Waals surface area contributed by atoms with Crippen LogP contribution in [0.2, 0.25) is 0 Å². The molecule has 0 atom stereocenters. The predicted octanol–water partition coefficient (Wildman–Crippen LogP) is 4.75. The standard InChI is InChI=1S/C25H25F3N4O4/c1-3-36-21-11-16(34)5-6-17(21)22-29-12-20(14(2)30-22)32-23(35)31-15-4-7-18(24(13-33)8-9-24)19(10-15)25(26,27)28/h4,6-7,10-12,33H,3,5,8-9,13H2,1-2H3,(H2,31,32,35). The van der Waals surface area contributed by atoms with Crippen LogP contribution < -0.4 is 10.6 Å². The molecule has 4 rings (SSSR count). The molecule has 0 radical (unpaired) electrons. The van der Waals surface area contributed by atoms with Gasteiger partial charge >= 0.3 is 12.2 Å². The number of nitrogens with zero attached hydrogens (tertiary/aromatic N) is 2. The second kappa shape index (κ2) is 9.73. The molecule has 2 aromatic rings. The number of aliphatic hydroxyl groups is 1. The van der Waals surface area contributed by atoms with E-state index in [0.717, 1.165) is 6.07 Å². The molecule has 0 unspecified atom stereocenters. The molecule has 1 fully saturated rings. The van der Waals surface area contributed by atoms with Gasteiger partial charge in [-0.3, -0.25) is 4.79 Å². The zero-order valence-electron chi connectivity index (χ0n) is 19.7. The maximum Gasteiger partial charge on any atom is 0.416 e. The van der Waals surface area contributed by atoms with Gasteiger partial charge in [-0.2, -0.15) is 13.2 Å². The summed E-state index contributed by atoms with van der Waals surface area (Å²) in [5, 5.41) is 14.5. The fourth-order valence-corrected chi connectivity index (χ4v) is 4.05. The summed E-state index contributed by atoms with van der Waals surface area (Å²) in [6.45, 7) is 3.41. The fraction of sp³-hybridized carbons (Fsp3) is 0.360. The van der Waals surface area contributed by atoms with E-state index in [1.54, 1.807) is 19.9 Å². The number of carbonyl (C=O) groups is 2. The van der Waals surface area contributed by atoms with Gasteiger partial charge in [0, 0.05) is 23.6 Å². The Hall–Kier alpha value is -3.73. The second-order valence-electron chi connectivity index (χ2n) is 8.70. The highest BCUT2D eigenvalue weighted by molar-refractivity contribution is 6.00. The van der Waals surface area contributed by atoms with Crippen molar-refractivity contribution in [1.29, 1.82) is 0 Å². The van der Waals surface area contributed by atoms with Gasteiger partial charge < -0.3 is 20.5 Å². The van der Waals surface area contributed by atoms with E-state index in [-0.39, 0.29) is 35.7 Å². The summed E-state index contributed by atoms with van der Waals surface area (Å²) in [5.41, 5.74) is -0.539. The summed E-state index contributed by atoms with van der Waals surface area (Å²) < 4.78 is 46.6. The number of hydrogen-bond acceptors (Lipinski definition) is 6. The fourth-order valence-electron chi connectivity index (χ4n) is 4.05. The lowest BCUT2D eigenvalue weighted by molar-refractivity contribution is -0.138. The van der Waals surface area contributed by atoms with Crippen LogP contribution in [0.25, 0.3) is 5.57 Å². The highest BCUT2D eigenvalue weighted by Gasteiger charge is 2.49. The SMILES string of the molecule is CCOC1=CC(=O)CC=C1c1ncc(NC(=O)Nc2ccc(C3(CO)CC3)c(C(F)(F)F)c2)c(C)n1. The number of alkyl halides is 3. The van der Waals surface area contributed by atoms with Gasteiger partial charge in [-0.15, -0.1) is 0 Å². The Morgan fingerprint density at radius 3 is 2.61 bits per heavy atom. The Kier molecular flexibility index (Phi) is 6.85. The lowest BCUT2D eigenvalue weighted by atomic mass is 9.91. The Labute approximate surface area is 205 Å². The summed E-state index contributed by atoms with van der Waals surface area (Å²) in [5.74, 6) is 0.581. The Morgan fingerprint density at radius 1 is 1.25 bits per heavy atom. The van der Waals surface area contributed by atoms with Crippen LogP contribution in [0.5, 0.6) is 0 Å². The molecule has 1 heterocycles. The molecule has 11 heteroatoms. The van der Waals surface area contributed by atoms with Gasteiger partial charge in [0.05, 0.1) is 41.9 Å². The van der Waals surface area contributed by atoms with Gasteiger partial charge in [-0.05, 0) is 44.4 Å². The lowest BCUT2D eigenvalue weighted by Gasteiger charge is -2.20. The number of anilines is 2. The van der Waals surface area contributed by atoms with Crippen LogP contribution in [0, 0.1) is 6.92 Å². The molecule has 8 nitrogen and oxygen atoms in total. The molecule has 1 aromatic heterocycles. The van der Waals surface area contributed by atoms with Crippen LogP contribution in [-0.4, -0.2) is 40.1 Å². The van der Waals surface area contributed by atoms with Crippen molar-refractivity contribution in [3.63, 3.8) is 0 Å². The molecule has 0 spiro atoms. The number of urea groups is 1. The second-order valence-corrected chi connectivity index (χ2v) is 8.70. The number of aryl methyl sites for hydroxylation is 1. The number of allylic oxidation sites excluding steroid dienone is 3. The topological polar surface area (TPSA) is 113 Å². The van der Waals surface area contributed by atoms with Crippen molar-refractivity contribution in [2.75, 3.05) is 23.8 Å². The zero-order valence-corrected chi connectivity index (χ0v) is 19.7. The number of hydrogen-bond donors (Lipinski definition) is 3. The van der Waals surface area contributed by atoms with Crippen molar-refractivity contribution >= 4 is 28.8 Å². The maximum absolute atomic E-state index is 13.7. The first-order valence-corrected chi connectivity index (χ1v) is 11.4. The van der Waals surface area contributed by atoms with Crippen molar-refractivity contribution in [2.24, 2.45) is 0 Å². The number of ketones is 1. The number of amides is 2. The summed E-state index contributed by atoms with van der Waals surface area (Å²) in [6.07, 6.45) is 0.945. The number of carbonyl (C=O) groups excluding carboxylic acids is 2. The number of benzene rings is 1. The van der Waals surface area contributed by atoms with E-state index < -0.39 is 23.2 Å². The van der Waals surface area contributed by atoms with Crippen molar-refractivity contribution in [1.82, 2.24) is 9.97 Å². The van der Waals surface area contributed by atoms with Crippen LogP contribution in [0.4, 0.5) is 29.3 Å². The van der Waals surface area contributed by atoms with Crippen molar-refractivity contribution in [3.05, 3.63) is 65.0 Å². The summed E-state index contributed by atoms with van der Waals surface area (Å²) in [4.78, 5) is 32.9. The molecule has 2 amide bonds. The third kappa shape index (κ3) is 5.25. The highest BCUT2D eigenvalue weighted by atomic mass is 19.4. The molecule has 0 aliphatic heterocycles. The zero-order chi connectivity index (χ0) is 26.1. The van der Waals surface area contributed by atoms with E-state index in [1.165, 1.54) is 24.4 Å². The largest absolute Gasteiger partial charge is 0.493 e. The normalized spacial score (nSPS) is 16.7. The molecule has 2 aliphatic rings. The number of aliphatic hydroxyl groups excluding tert-OH is 1. The van der Waals surface area contributed by atoms with E-state index in [2.05, 4.69) is 20.6 Å². The molecule has 1 saturated carbocycles. The average Bonchev–Trinajstić information content (AvgIpc) is 3.61. The molecular weight excluding hydrogens is 477 g/mol. The molecular formula is C25H25F3N4O4. The molecule has 190 valence electrons. The third-order valence-corrected chi connectivity index (χ3v) is 6.14. The minimum absolute atomic E-state index is 0.0301. The van der Waals surface area contributed by atoms with E-state index in [9.17, 15) is 27.9 Å². The molecule has 0 bridgehead atoms. The maximum atomic E-state index is 13.7. The molecule has 2 aliphatic carbocycles. The van der Waals surface area contributed by atoms with E-state index in [4.69, 9.17) is 4.74 Å². The van der Waals surface area contributed by atoms with Crippen LogP contribution in [0.3, 0.4) is 0 Å². The van der Waals surface area contributed by atoms with Gasteiger partial charge in [0.15, 0.2) is 11.6 Å². The number of nitrogens with one attached hydrogen (secondary N) is 2. The van der Waals surface area contributed by atoms with Gasteiger partial charge in [-0.1, -0.05) is 12.1 Å². The van der Waals surface area contributed by atoms with E-state index in [1.807, 2.05) is 0 Å². The smallest absolute Gasteiger partial charge is 0.416 e. The minimum atomic E-state index is -4.64. The Balaban J connectivity index is 1.50. The first-order chi connectivity index (χ1) is 17.1. The quantitative estimate of drug-likeness (QED) is 0.504. The Bertz CT molecular complexity index is 1270. The number of ether oxygens (including phenoxy) is 1. The van der Waals surface area contributed by atoms with Crippen molar-refractivity contribution in [3.8, 4) is 0 Å². The van der Waals surface area contributed by atoms with Crippen molar-refractivity contribution < 1.29 is 32.6 Å². The summed E-state index contributed by atoms with van der Waals surface area (Å²) in [6, 6.07) is 2.79. The number of halogens is 3. The monoisotopic (exact) mass is 502 g/mol. The number of aromatic nitrogens is 2. The third-order valence-electron chi connectivity index (χ3n) is 6.14. The Morgan fingerprint density at radius 2 is 2.00 bits per heavy atom. The van der Waals surface area contributed by atoms with Crippen LogP contribution in [-0.2, 0) is 21.1 Å². The average molecular weight is 502 g/mol. The molecule has 0 saturated heterocycles. The van der Waals surface area contributed by atoms with E-state index >= 15 is 0 Å². The number of rotatable bonds is 7. The highest BCUT2D eigenvalue weighted by Crippen LogP contribution is 2.51. The van der Waals surface area contributed by atoms with Gasteiger partial charge in [-0.25, -0.2) is 14.8 Å². The molecule has 1 aromatic carbocycles. The predicted molar refractivity (Wildman–Crippen MR) is 126 cm³/mol. The van der Waals surface area contributed by atoms with E-state index in [0.29, 0.717) is 42.3 Å². The summed E-state index contributed by atoms with van der Waals surface area (Å²) >= 11 is 0.